The van der Waals surface area contributed by atoms with Crippen molar-refractivity contribution in [2.75, 3.05) is 5.75 Å². The zero-order chi connectivity index (χ0) is 13.6. The van der Waals surface area contributed by atoms with Gasteiger partial charge < -0.3 is 5.11 Å². The van der Waals surface area contributed by atoms with Crippen molar-refractivity contribution in [2.45, 2.75) is 57.0 Å². The minimum absolute atomic E-state index is 0.340. The predicted molar refractivity (Wildman–Crippen MR) is 77.2 cm³/mol. The predicted octanol–water partition coefficient (Wildman–Crippen LogP) is 3.43. The van der Waals surface area contributed by atoms with Gasteiger partial charge in [-0.2, -0.15) is 0 Å². The molecule has 0 aromatic heterocycles. The highest BCUT2D eigenvalue weighted by atomic mass is 32.2. The molecule has 0 saturated carbocycles. The lowest BCUT2D eigenvalue weighted by Gasteiger charge is -2.26. The normalized spacial score (nSPS) is 16.2. The van der Waals surface area contributed by atoms with Gasteiger partial charge in [-0.3, -0.25) is 4.21 Å². The molecule has 0 spiro atoms. The molecule has 18 heavy (non-hydrogen) atoms. The molecule has 0 amide bonds. The molecule has 0 bridgehead atoms. The van der Waals surface area contributed by atoms with Gasteiger partial charge in [0.05, 0.1) is 22.2 Å². The highest BCUT2D eigenvalue weighted by Gasteiger charge is 2.27. The SMILES string of the molecule is CCCCC(O)(CC)CS(=O)c1ccc(C)cc1. The van der Waals surface area contributed by atoms with Crippen molar-refractivity contribution < 1.29 is 9.32 Å². The van der Waals surface area contributed by atoms with E-state index in [1.54, 1.807) is 0 Å². The van der Waals surface area contributed by atoms with Crippen molar-refractivity contribution in [3.8, 4) is 0 Å². The van der Waals surface area contributed by atoms with Gasteiger partial charge in [-0.1, -0.05) is 44.4 Å². The van der Waals surface area contributed by atoms with Gasteiger partial charge in [-0.05, 0) is 31.9 Å². The van der Waals surface area contributed by atoms with Crippen molar-refractivity contribution >= 4 is 10.8 Å². The van der Waals surface area contributed by atoms with Crippen LogP contribution < -0.4 is 0 Å². The van der Waals surface area contributed by atoms with Crippen LogP contribution in [0.1, 0.15) is 45.1 Å². The minimum atomic E-state index is -1.11. The molecule has 2 unspecified atom stereocenters. The third-order valence-electron chi connectivity index (χ3n) is 3.34. The summed E-state index contributed by atoms with van der Waals surface area (Å²) in [7, 11) is -1.11. The van der Waals surface area contributed by atoms with Crippen molar-refractivity contribution in [3.05, 3.63) is 29.8 Å². The maximum atomic E-state index is 12.2. The van der Waals surface area contributed by atoms with Gasteiger partial charge in [0, 0.05) is 4.90 Å². The molecule has 0 heterocycles. The molecule has 2 atom stereocenters. The molecule has 1 rings (SSSR count). The van der Waals surface area contributed by atoms with Gasteiger partial charge in [0.1, 0.15) is 0 Å². The first kappa shape index (κ1) is 15.4. The van der Waals surface area contributed by atoms with Crippen LogP contribution in [0.25, 0.3) is 0 Å². The third kappa shape index (κ3) is 4.54. The lowest BCUT2D eigenvalue weighted by atomic mass is 9.96. The second kappa shape index (κ2) is 7.05. The monoisotopic (exact) mass is 268 g/mol. The van der Waals surface area contributed by atoms with Crippen LogP contribution in [-0.4, -0.2) is 20.7 Å². The number of hydrogen-bond donors (Lipinski definition) is 1. The molecule has 2 nitrogen and oxygen atoms in total. The molecule has 0 aliphatic carbocycles. The summed E-state index contributed by atoms with van der Waals surface area (Å²) < 4.78 is 12.2. The molecule has 3 heteroatoms. The Bertz CT molecular complexity index is 386. The summed E-state index contributed by atoms with van der Waals surface area (Å²) in [6, 6.07) is 7.71. The lowest BCUT2D eigenvalue weighted by Crippen LogP contribution is -2.34. The Kier molecular flexibility index (Phi) is 6.03. The van der Waals surface area contributed by atoms with Gasteiger partial charge >= 0.3 is 0 Å². The van der Waals surface area contributed by atoms with Crippen LogP contribution >= 0.6 is 0 Å². The van der Waals surface area contributed by atoms with Crippen LogP contribution in [-0.2, 0) is 10.8 Å². The average Bonchev–Trinajstić information content (AvgIpc) is 2.37. The van der Waals surface area contributed by atoms with E-state index >= 15 is 0 Å². The molecule has 0 fully saturated rings. The van der Waals surface area contributed by atoms with Crippen LogP contribution in [0.3, 0.4) is 0 Å². The number of unbranched alkanes of at least 4 members (excludes halogenated alkanes) is 1. The van der Waals surface area contributed by atoms with E-state index < -0.39 is 16.4 Å². The second-order valence-corrected chi connectivity index (χ2v) is 6.44. The van der Waals surface area contributed by atoms with Gasteiger partial charge in [-0.25, -0.2) is 0 Å². The summed E-state index contributed by atoms with van der Waals surface area (Å²) in [5.74, 6) is 0.340. The Morgan fingerprint density at radius 3 is 2.33 bits per heavy atom. The first-order valence-electron chi connectivity index (χ1n) is 6.68. The lowest BCUT2D eigenvalue weighted by molar-refractivity contribution is 0.0488. The van der Waals surface area contributed by atoms with Crippen LogP contribution in [0.15, 0.2) is 29.2 Å². The van der Waals surface area contributed by atoms with E-state index in [0.717, 1.165) is 29.7 Å². The topological polar surface area (TPSA) is 37.3 Å². The van der Waals surface area contributed by atoms with Crippen molar-refractivity contribution in [1.82, 2.24) is 0 Å². The number of aliphatic hydroxyl groups is 1. The fraction of sp³-hybridized carbons (Fsp3) is 0.600. The summed E-state index contributed by atoms with van der Waals surface area (Å²) >= 11 is 0. The quantitative estimate of drug-likeness (QED) is 0.822. The summed E-state index contributed by atoms with van der Waals surface area (Å²) in [6.07, 6.45) is 3.43. The smallest absolute Gasteiger partial charge is 0.0763 e. The van der Waals surface area contributed by atoms with Crippen molar-refractivity contribution in [1.29, 1.82) is 0 Å². The van der Waals surface area contributed by atoms with E-state index in [9.17, 15) is 9.32 Å². The van der Waals surface area contributed by atoms with Crippen LogP contribution in [0.5, 0.6) is 0 Å². The number of benzene rings is 1. The molecular formula is C15H24O2S. The van der Waals surface area contributed by atoms with Gasteiger partial charge in [0.25, 0.3) is 0 Å². The van der Waals surface area contributed by atoms with Crippen LogP contribution in [0.4, 0.5) is 0 Å². The van der Waals surface area contributed by atoms with Crippen molar-refractivity contribution in [3.63, 3.8) is 0 Å². The average molecular weight is 268 g/mol. The first-order valence-corrected chi connectivity index (χ1v) is 8.00. The molecular weight excluding hydrogens is 244 g/mol. The Balaban J connectivity index is 2.69. The molecule has 102 valence electrons. The Morgan fingerprint density at radius 1 is 1.22 bits per heavy atom. The van der Waals surface area contributed by atoms with Gasteiger partial charge in [-0.15, -0.1) is 0 Å². The van der Waals surface area contributed by atoms with E-state index in [4.69, 9.17) is 0 Å². The van der Waals surface area contributed by atoms with Crippen LogP contribution in [0.2, 0.25) is 0 Å². The molecule has 0 radical (unpaired) electrons. The van der Waals surface area contributed by atoms with E-state index in [2.05, 4.69) is 6.92 Å². The third-order valence-corrected chi connectivity index (χ3v) is 4.93. The maximum absolute atomic E-state index is 12.2. The van der Waals surface area contributed by atoms with Crippen LogP contribution in [0, 0.1) is 6.92 Å². The Hall–Kier alpha value is -0.670. The summed E-state index contributed by atoms with van der Waals surface area (Å²) in [4.78, 5) is 0.809. The molecule has 1 N–H and O–H groups in total. The van der Waals surface area contributed by atoms with E-state index in [1.165, 1.54) is 0 Å². The molecule has 0 aliphatic rings. The fourth-order valence-electron chi connectivity index (χ4n) is 1.87. The number of hydrogen-bond acceptors (Lipinski definition) is 2. The molecule has 0 aliphatic heterocycles. The molecule has 0 saturated heterocycles. The summed E-state index contributed by atoms with van der Waals surface area (Å²) in [5, 5.41) is 10.4. The zero-order valence-corrected chi connectivity index (χ0v) is 12.4. The highest BCUT2D eigenvalue weighted by Crippen LogP contribution is 2.22. The number of aryl methyl sites for hydroxylation is 1. The molecule has 1 aromatic rings. The maximum Gasteiger partial charge on any atom is 0.0763 e. The second-order valence-electron chi connectivity index (χ2n) is 4.98. The highest BCUT2D eigenvalue weighted by molar-refractivity contribution is 7.85. The fourth-order valence-corrected chi connectivity index (χ4v) is 3.32. The van der Waals surface area contributed by atoms with Gasteiger partial charge in [0.15, 0.2) is 0 Å². The zero-order valence-electron chi connectivity index (χ0n) is 11.6. The first-order chi connectivity index (χ1) is 8.50. The van der Waals surface area contributed by atoms with Gasteiger partial charge in [0.2, 0.25) is 0 Å². The summed E-state index contributed by atoms with van der Waals surface area (Å²) in [6.45, 7) is 6.07. The van der Waals surface area contributed by atoms with E-state index in [-0.39, 0.29) is 0 Å². The van der Waals surface area contributed by atoms with Crippen molar-refractivity contribution in [2.24, 2.45) is 0 Å². The minimum Gasteiger partial charge on any atom is -0.389 e. The van der Waals surface area contributed by atoms with E-state index in [0.29, 0.717) is 12.2 Å². The molecule has 1 aromatic carbocycles. The largest absolute Gasteiger partial charge is 0.389 e. The summed E-state index contributed by atoms with van der Waals surface area (Å²) in [5.41, 5.74) is 0.374. The van der Waals surface area contributed by atoms with E-state index in [1.807, 2.05) is 38.1 Å². The standard InChI is InChI=1S/C15H24O2S/c1-4-6-11-15(16,5-2)12-18(17)14-9-7-13(3)8-10-14/h7-10,16H,4-6,11-12H2,1-3H3. The number of rotatable bonds is 7. The Labute approximate surface area is 113 Å². The Morgan fingerprint density at radius 2 is 1.83 bits per heavy atom.